The third kappa shape index (κ3) is 2.48. The highest BCUT2D eigenvalue weighted by molar-refractivity contribution is 5.29. The molecule has 1 N–H and O–H groups in total. The number of nitrogens with zero attached hydrogens (tertiary/aromatic N) is 4. The molecule has 2 aromatic heterocycles. The predicted octanol–water partition coefficient (Wildman–Crippen LogP) is 0.627. The molecule has 3 heterocycles. The summed E-state index contributed by atoms with van der Waals surface area (Å²) in [6, 6.07) is 5.86. The largest absolute Gasteiger partial charge is 0.378 e. The van der Waals surface area contributed by atoms with Gasteiger partial charge in [-0.3, -0.25) is 10.1 Å². The summed E-state index contributed by atoms with van der Waals surface area (Å²) in [5, 5.41) is 7.21. The molecule has 94 valence electrons. The number of morpholine rings is 1. The molecule has 2 aromatic rings. The Hall–Kier alpha value is -1.95. The van der Waals surface area contributed by atoms with Crippen LogP contribution in [-0.4, -0.2) is 46.5 Å². The van der Waals surface area contributed by atoms with Crippen LogP contribution in [0, 0.1) is 0 Å². The summed E-state index contributed by atoms with van der Waals surface area (Å²) >= 11 is 0. The van der Waals surface area contributed by atoms with E-state index in [9.17, 15) is 0 Å². The number of ether oxygens (including phenoxy) is 1. The smallest absolute Gasteiger partial charge is 0.244 e. The summed E-state index contributed by atoms with van der Waals surface area (Å²) < 4.78 is 5.31. The number of aromatic nitrogens is 4. The minimum Gasteiger partial charge on any atom is -0.378 e. The number of rotatable bonds is 3. The fourth-order valence-electron chi connectivity index (χ4n) is 1.94. The van der Waals surface area contributed by atoms with E-state index in [0.29, 0.717) is 6.42 Å². The van der Waals surface area contributed by atoms with E-state index in [0.717, 1.165) is 43.8 Å². The van der Waals surface area contributed by atoms with Gasteiger partial charge >= 0.3 is 0 Å². The zero-order chi connectivity index (χ0) is 12.2. The van der Waals surface area contributed by atoms with Crippen LogP contribution in [0.15, 0.2) is 24.4 Å². The van der Waals surface area contributed by atoms with Gasteiger partial charge in [0, 0.05) is 31.4 Å². The summed E-state index contributed by atoms with van der Waals surface area (Å²) in [6.45, 7) is 3.18. The zero-order valence-electron chi connectivity index (χ0n) is 10.0. The van der Waals surface area contributed by atoms with Gasteiger partial charge in [0.2, 0.25) is 5.95 Å². The topological polar surface area (TPSA) is 66.9 Å². The molecule has 18 heavy (non-hydrogen) atoms. The van der Waals surface area contributed by atoms with Gasteiger partial charge in [0.15, 0.2) is 0 Å². The molecule has 0 spiro atoms. The molecule has 0 saturated carbocycles. The number of pyridine rings is 1. The van der Waals surface area contributed by atoms with Crippen molar-refractivity contribution in [2.45, 2.75) is 6.42 Å². The Morgan fingerprint density at radius 3 is 2.94 bits per heavy atom. The Kier molecular flexibility index (Phi) is 3.18. The average Bonchev–Trinajstić information content (AvgIpc) is 2.89. The average molecular weight is 245 g/mol. The van der Waals surface area contributed by atoms with Crippen LogP contribution in [0.5, 0.6) is 0 Å². The van der Waals surface area contributed by atoms with Crippen molar-refractivity contribution in [3.8, 4) is 0 Å². The fraction of sp³-hybridized carbons (Fsp3) is 0.417. The lowest BCUT2D eigenvalue weighted by atomic mass is 10.3. The van der Waals surface area contributed by atoms with Gasteiger partial charge in [-0.25, -0.2) is 0 Å². The van der Waals surface area contributed by atoms with Crippen LogP contribution in [0.1, 0.15) is 11.5 Å². The molecule has 0 unspecified atom stereocenters. The number of H-pyrrole nitrogens is 1. The Morgan fingerprint density at radius 2 is 2.17 bits per heavy atom. The maximum absolute atomic E-state index is 5.31. The minimum atomic E-state index is 0.679. The second-order valence-corrected chi connectivity index (χ2v) is 4.18. The van der Waals surface area contributed by atoms with E-state index < -0.39 is 0 Å². The molecule has 6 heteroatoms. The van der Waals surface area contributed by atoms with Crippen LogP contribution in [0.25, 0.3) is 0 Å². The molecular weight excluding hydrogens is 230 g/mol. The number of hydrogen-bond acceptors (Lipinski definition) is 5. The van der Waals surface area contributed by atoms with Crippen molar-refractivity contribution in [2.24, 2.45) is 0 Å². The van der Waals surface area contributed by atoms with Crippen LogP contribution < -0.4 is 4.90 Å². The quantitative estimate of drug-likeness (QED) is 0.859. The number of anilines is 1. The molecule has 3 rings (SSSR count). The molecule has 1 aliphatic rings. The second-order valence-electron chi connectivity index (χ2n) is 4.18. The summed E-state index contributed by atoms with van der Waals surface area (Å²) in [5.74, 6) is 1.60. The monoisotopic (exact) mass is 245 g/mol. The highest BCUT2D eigenvalue weighted by atomic mass is 16.5. The normalized spacial score (nSPS) is 15.9. The second kappa shape index (κ2) is 5.14. The van der Waals surface area contributed by atoms with E-state index in [4.69, 9.17) is 4.74 Å². The van der Waals surface area contributed by atoms with E-state index in [1.165, 1.54) is 0 Å². The van der Waals surface area contributed by atoms with Gasteiger partial charge in [0.1, 0.15) is 5.82 Å². The first-order valence-corrected chi connectivity index (χ1v) is 6.06. The van der Waals surface area contributed by atoms with Gasteiger partial charge in [0.25, 0.3) is 0 Å². The maximum atomic E-state index is 5.31. The Labute approximate surface area is 105 Å². The lowest BCUT2D eigenvalue weighted by Crippen LogP contribution is -2.36. The molecule has 0 atom stereocenters. The molecule has 1 aliphatic heterocycles. The molecule has 0 aromatic carbocycles. The summed E-state index contributed by atoms with van der Waals surface area (Å²) in [5.41, 5.74) is 0.988. The minimum absolute atomic E-state index is 0.679. The van der Waals surface area contributed by atoms with Gasteiger partial charge in [-0.1, -0.05) is 6.07 Å². The van der Waals surface area contributed by atoms with Crippen LogP contribution in [0.3, 0.4) is 0 Å². The van der Waals surface area contributed by atoms with Crippen molar-refractivity contribution < 1.29 is 4.74 Å². The molecule has 1 fully saturated rings. The van der Waals surface area contributed by atoms with Crippen molar-refractivity contribution in [2.75, 3.05) is 31.2 Å². The van der Waals surface area contributed by atoms with Crippen LogP contribution in [-0.2, 0) is 11.2 Å². The molecular formula is C12H15N5O. The first kappa shape index (κ1) is 11.2. The summed E-state index contributed by atoms with van der Waals surface area (Å²) in [7, 11) is 0. The van der Waals surface area contributed by atoms with E-state index in [2.05, 4.69) is 25.1 Å². The van der Waals surface area contributed by atoms with Crippen molar-refractivity contribution >= 4 is 5.95 Å². The highest BCUT2D eigenvalue weighted by Crippen LogP contribution is 2.10. The molecule has 0 radical (unpaired) electrons. The molecule has 0 bridgehead atoms. The van der Waals surface area contributed by atoms with Crippen molar-refractivity contribution in [3.05, 3.63) is 35.9 Å². The zero-order valence-corrected chi connectivity index (χ0v) is 10.0. The van der Waals surface area contributed by atoms with Crippen molar-refractivity contribution in [1.82, 2.24) is 20.2 Å². The maximum Gasteiger partial charge on any atom is 0.244 e. The van der Waals surface area contributed by atoms with Crippen molar-refractivity contribution in [1.29, 1.82) is 0 Å². The SMILES string of the molecule is c1ccc(Cc2nc(N3CCOCC3)n[nH]2)nc1. The molecule has 0 amide bonds. The van der Waals surface area contributed by atoms with Crippen LogP contribution in [0.2, 0.25) is 0 Å². The van der Waals surface area contributed by atoms with Crippen LogP contribution in [0.4, 0.5) is 5.95 Å². The third-order valence-corrected chi connectivity index (χ3v) is 2.89. The molecule has 6 nitrogen and oxygen atoms in total. The Morgan fingerprint density at radius 1 is 1.28 bits per heavy atom. The Balaban J connectivity index is 1.69. The molecule has 0 aliphatic carbocycles. The number of nitrogens with one attached hydrogen (secondary N) is 1. The third-order valence-electron chi connectivity index (χ3n) is 2.89. The van der Waals surface area contributed by atoms with Gasteiger partial charge in [-0.15, -0.1) is 5.10 Å². The predicted molar refractivity (Wildman–Crippen MR) is 66.5 cm³/mol. The first-order valence-electron chi connectivity index (χ1n) is 6.06. The summed E-state index contributed by atoms with van der Waals surface area (Å²) in [4.78, 5) is 10.9. The fourth-order valence-corrected chi connectivity index (χ4v) is 1.94. The van der Waals surface area contributed by atoms with E-state index in [1.807, 2.05) is 18.2 Å². The first-order chi connectivity index (χ1) is 8.92. The van der Waals surface area contributed by atoms with E-state index >= 15 is 0 Å². The van der Waals surface area contributed by atoms with Gasteiger partial charge in [-0.2, -0.15) is 4.98 Å². The number of hydrogen-bond donors (Lipinski definition) is 1. The van der Waals surface area contributed by atoms with Crippen LogP contribution >= 0.6 is 0 Å². The molecule has 1 saturated heterocycles. The number of aromatic amines is 1. The Bertz CT molecular complexity index is 492. The lowest BCUT2D eigenvalue weighted by Gasteiger charge is -2.25. The van der Waals surface area contributed by atoms with E-state index in [1.54, 1.807) is 6.20 Å². The van der Waals surface area contributed by atoms with Gasteiger partial charge in [0.05, 0.1) is 13.2 Å². The standard InChI is InChI=1S/C12H15N5O/c1-2-4-13-10(3-1)9-11-14-12(16-15-11)17-5-7-18-8-6-17/h1-4H,5-9H2,(H,14,15,16). The van der Waals surface area contributed by atoms with Crippen molar-refractivity contribution in [3.63, 3.8) is 0 Å². The van der Waals surface area contributed by atoms with E-state index in [-0.39, 0.29) is 0 Å². The summed E-state index contributed by atoms with van der Waals surface area (Å²) in [6.07, 6.45) is 2.47. The lowest BCUT2D eigenvalue weighted by molar-refractivity contribution is 0.122. The van der Waals surface area contributed by atoms with Gasteiger partial charge in [-0.05, 0) is 12.1 Å². The highest BCUT2D eigenvalue weighted by Gasteiger charge is 2.15. The van der Waals surface area contributed by atoms with Gasteiger partial charge < -0.3 is 9.64 Å².